The van der Waals surface area contributed by atoms with Crippen LogP contribution in [-0.4, -0.2) is 34.7 Å². The minimum absolute atomic E-state index is 0.00521. The van der Waals surface area contributed by atoms with Gasteiger partial charge in [0.05, 0.1) is 23.1 Å². The maximum absolute atomic E-state index is 12.4. The zero-order valence-corrected chi connectivity index (χ0v) is 13.9. The second kappa shape index (κ2) is 7.13. The number of nitrogens with one attached hydrogen (secondary N) is 1. The molecule has 5 heteroatoms. The number of fused-ring (bicyclic) bond motifs is 1. The molecule has 1 aliphatic heterocycles. The summed E-state index contributed by atoms with van der Waals surface area (Å²) in [4.78, 5) is 17.0. The van der Waals surface area contributed by atoms with Gasteiger partial charge in [0.1, 0.15) is 5.82 Å². The number of para-hydroxylation sites is 2. The van der Waals surface area contributed by atoms with Crippen molar-refractivity contribution in [1.82, 2.24) is 14.9 Å². The second-order valence-electron chi connectivity index (χ2n) is 6.16. The molecule has 1 aromatic carbocycles. The molecule has 3 rings (SSSR count). The lowest BCUT2D eigenvalue weighted by atomic mass is 9.92. The molecule has 2 heterocycles. The molecule has 5 nitrogen and oxygen atoms in total. The van der Waals surface area contributed by atoms with Crippen LogP contribution in [0, 0.1) is 12.8 Å². The summed E-state index contributed by atoms with van der Waals surface area (Å²) in [5.74, 6) is 1.10. The van der Waals surface area contributed by atoms with Crippen molar-refractivity contribution in [1.29, 1.82) is 0 Å². The van der Waals surface area contributed by atoms with E-state index in [1.54, 1.807) is 0 Å². The van der Waals surface area contributed by atoms with E-state index in [1.165, 1.54) is 0 Å². The average Bonchev–Trinajstić information content (AvgIpc) is 2.90. The normalized spacial score (nSPS) is 21.5. The highest BCUT2D eigenvalue weighted by Gasteiger charge is 2.30. The Morgan fingerprint density at radius 3 is 3.09 bits per heavy atom. The highest BCUT2D eigenvalue weighted by Crippen LogP contribution is 2.23. The molecule has 0 bridgehead atoms. The molecule has 124 valence electrons. The number of rotatable bonds is 5. The van der Waals surface area contributed by atoms with E-state index in [1.807, 2.05) is 25.1 Å². The van der Waals surface area contributed by atoms with Crippen molar-refractivity contribution < 1.29 is 9.53 Å². The summed E-state index contributed by atoms with van der Waals surface area (Å²) in [6, 6.07) is 8.10. The van der Waals surface area contributed by atoms with Crippen LogP contribution >= 0.6 is 0 Å². The summed E-state index contributed by atoms with van der Waals surface area (Å²) in [5.41, 5.74) is 2.12. The SMILES string of the molecule is CC[C@H]1OCCC[C@H]1C(=O)NCCn1c(C)nc2ccccc21. The third-order valence-corrected chi connectivity index (χ3v) is 4.66. The van der Waals surface area contributed by atoms with E-state index in [2.05, 4.69) is 27.9 Å². The van der Waals surface area contributed by atoms with E-state index in [4.69, 9.17) is 4.74 Å². The molecule has 2 atom stereocenters. The van der Waals surface area contributed by atoms with Crippen LogP contribution in [0.2, 0.25) is 0 Å². The number of ether oxygens (including phenoxy) is 1. The van der Waals surface area contributed by atoms with Gasteiger partial charge in [0.25, 0.3) is 0 Å². The van der Waals surface area contributed by atoms with Crippen molar-refractivity contribution >= 4 is 16.9 Å². The van der Waals surface area contributed by atoms with Crippen molar-refractivity contribution in [3.05, 3.63) is 30.1 Å². The molecule has 0 spiro atoms. The fourth-order valence-electron chi connectivity index (χ4n) is 3.44. The van der Waals surface area contributed by atoms with Crippen LogP contribution in [-0.2, 0) is 16.1 Å². The Labute approximate surface area is 137 Å². The van der Waals surface area contributed by atoms with E-state index >= 15 is 0 Å². The maximum Gasteiger partial charge on any atom is 0.225 e. The molecule has 1 fully saturated rings. The molecule has 0 unspecified atom stereocenters. The molecule has 1 N–H and O–H groups in total. The number of hydrogen-bond donors (Lipinski definition) is 1. The summed E-state index contributed by atoms with van der Waals surface area (Å²) in [6.07, 6.45) is 2.86. The van der Waals surface area contributed by atoms with Gasteiger partial charge in [-0.2, -0.15) is 0 Å². The maximum atomic E-state index is 12.4. The first kappa shape index (κ1) is 16.0. The smallest absolute Gasteiger partial charge is 0.225 e. The number of carbonyl (C=O) groups excluding carboxylic acids is 1. The molecule has 1 aliphatic rings. The summed E-state index contributed by atoms with van der Waals surface area (Å²) in [6.45, 7) is 6.22. The molecule has 1 saturated heterocycles. The molecule has 0 saturated carbocycles. The van der Waals surface area contributed by atoms with Crippen molar-refractivity contribution in [2.45, 2.75) is 45.8 Å². The Kier molecular flexibility index (Phi) is 4.96. The number of hydrogen-bond acceptors (Lipinski definition) is 3. The zero-order chi connectivity index (χ0) is 16.2. The van der Waals surface area contributed by atoms with Crippen LogP contribution in [0.5, 0.6) is 0 Å². The number of aromatic nitrogens is 2. The van der Waals surface area contributed by atoms with E-state index in [-0.39, 0.29) is 17.9 Å². The first-order chi connectivity index (χ1) is 11.2. The van der Waals surface area contributed by atoms with Gasteiger partial charge in [0.15, 0.2) is 0 Å². The molecule has 1 amide bonds. The van der Waals surface area contributed by atoms with Gasteiger partial charge < -0.3 is 14.6 Å². The number of aryl methyl sites for hydroxylation is 1. The second-order valence-corrected chi connectivity index (χ2v) is 6.16. The van der Waals surface area contributed by atoms with Crippen LogP contribution in [0.25, 0.3) is 11.0 Å². The number of amides is 1. The van der Waals surface area contributed by atoms with Crippen molar-refractivity contribution in [3.8, 4) is 0 Å². The van der Waals surface area contributed by atoms with Crippen LogP contribution in [0.4, 0.5) is 0 Å². The fourth-order valence-corrected chi connectivity index (χ4v) is 3.44. The summed E-state index contributed by atoms with van der Waals surface area (Å²) < 4.78 is 7.87. The van der Waals surface area contributed by atoms with Crippen molar-refractivity contribution in [2.24, 2.45) is 5.92 Å². The lowest BCUT2D eigenvalue weighted by molar-refractivity contribution is -0.134. The number of benzene rings is 1. The van der Waals surface area contributed by atoms with Crippen molar-refractivity contribution in [3.63, 3.8) is 0 Å². The summed E-state index contributed by atoms with van der Waals surface area (Å²) in [7, 11) is 0. The molecule has 23 heavy (non-hydrogen) atoms. The monoisotopic (exact) mass is 315 g/mol. The summed E-state index contributed by atoms with van der Waals surface area (Å²) >= 11 is 0. The van der Waals surface area contributed by atoms with Gasteiger partial charge in [-0.15, -0.1) is 0 Å². The average molecular weight is 315 g/mol. The lowest BCUT2D eigenvalue weighted by Crippen LogP contribution is -2.42. The summed E-state index contributed by atoms with van der Waals surface area (Å²) in [5, 5.41) is 3.08. The number of carbonyl (C=O) groups is 1. The Morgan fingerprint density at radius 2 is 2.26 bits per heavy atom. The van der Waals surface area contributed by atoms with Crippen LogP contribution in [0.3, 0.4) is 0 Å². The molecular weight excluding hydrogens is 290 g/mol. The number of imidazole rings is 1. The minimum Gasteiger partial charge on any atom is -0.377 e. The molecule has 0 radical (unpaired) electrons. The van der Waals surface area contributed by atoms with Gasteiger partial charge in [0, 0.05) is 19.7 Å². The van der Waals surface area contributed by atoms with E-state index in [0.29, 0.717) is 6.54 Å². The standard InChI is InChI=1S/C18H25N3O2/c1-3-17-14(7-6-12-23-17)18(22)19-10-11-21-13(2)20-15-8-4-5-9-16(15)21/h4-5,8-9,14,17H,3,6-7,10-12H2,1-2H3,(H,19,22)/t14-,17-/m1/s1. The van der Waals surface area contributed by atoms with Crippen molar-refractivity contribution in [2.75, 3.05) is 13.2 Å². The number of nitrogens with zero attached hydrogens (tertiary/aromatic N) is 2. The predicted octanol–water partition coefficient (Wildman–Crippen LogP) is 2.67. The van der Waals surface area contributed by atoms with Gasteiger partial charge in [-0.05, 0) is 38.3 Å². The molecule has 1 aromatic heterocycles. The van der Waals surface area contributed by atoms with E-state index < -0.39 is 0 Å². The predicted molar refractivity (Wildman–Crippen MR) is 90.2 cm³/mol. The van der Waals surface area contributed by atoms with Crippen LogP contribution in [0.15, 0.2) is 24.3 Å². The first-order valence-corrected chi connectivity index (χ1v) is 8.52. The third kappa shape index (κ3) is 3.39. The largest absolute Gasteiger partial charge is 0.377 e. The van der Waals surface area contributed by atoms with Crippen LogP contribution < -0.4 is 5.32 Å². The van der Waals surface area contributed by atoms with E-state index in [0.717, 1.165) is 49.3 Å². The Hall–Kier alpha value is -1.88. The highest BCUT2D eigenvalue weighted by molar-refractivity contribution is 5.79. The zero-order valence-electron chi connectivity index (χ0n) is 13.9. The third-order valence-electron chi connectivity index (χ3n) is 4.66. The van der Waals surface area contributed by atoms with E-state index in [9.17, 15) is 4.79 Å². The van der Waals surface area contributed by atoms with Gasteiger partial charge in [0.2, 0.25) is 5.91 Å². The molecule has 0 aliphatic carbocycles. The van der Waals surface area contributed by atoms with Gasteiger partial charge in [-0.3, -0.25) is 4.79 Å². The highest BCUT2D eigenvalue weighted by atomic mass is 16.5. The first-order valence-electron chi connectivity index (χ1n) is 8.52. The molecule has 2 aromatic rings. The van der Waals surface area contributed by atoms with Gasteiger partial charge in [-0.1, -0.05) is 19.1 Å². The topological polar surface area (TPSA) is 56.1 Å². The van der Waals surface area contributed by atoms with Gasteiger partial charge in [-0.25, -0.2) is 4.98 Å². The molecular formula is C18H25N3O2. The Balaban J connectivity index is 1.60. The minimum atomic E-state index is -0.00521. The fraction of sp³-hybridized carbons (Fsp3) is 0.556. The quantitative estimate of drug-likeness (QED) is 0.923. The Morgan fingerprint density at radius 1 is 1.43 bits per heavy atom. The lowest BCUT2D eigenvalue weighted by Gasteiger charge is -2.30. The van der Waals surface area contributed by atoms with Gasteiger partial charge >= 0.3 is 0 Å². The van der Waals surface area contributed by atoms with Crippen LogP contribution in [0.1, 0.15) is 32.0 Å². The Bertz CT molecular complexity index is 680.